The van der Waals surface area contributed by atoms with Gasteiger partial charge in [-0.25, -0.2) is 0 Å². The van der Waals surface area contributed by atoms with Crippen LogP contribution in [-0.2, 0) is 18.3 Å². The summed E-state index contributed by atoms with van der Waals surface area (Å²) in [6.45, 7) is 4.99. The number of amides is 1. The number of rotatable bonds is 8. The topological polar surface area (TPSA) is 102 Å². The zero-order valence-corrected chi connectivity index (χ0v) is 14.7. The number of non-ortho nitro benzene ring substituents is 1. The first kappa shape index (κ1) is 18.4. The summed E-state index contributed by atoms with van der Waals surface area (Å²) in [6, 6.07) is 6.18. The van der Waals surface area contributed by atoms with Crippen molar-refractivity contribution in [2.24, 2.45) is 7.05 Å². The molecule has 0 aliphatic carbocycles. The summed E-state index contributed by atoms with van der Waals surface area (Å²) < 4.78 is 1.83. The molecule has 0 atom stereocenters. The molecule has 25 heavy (non-hydrogen) atoms. The molecule has 2 N–H and O–H groups in total. The van der Waals surface area contributed by atoms with E-state index in [0.717, 1.165) is 22.6 Å². The van der Waals surface area contributed by atoms with Gasteiger partial charge in [0.2, 0.25) is 5.91 Å². The van der Waals surface area contributed by atoms with E-state index in [-0.39, 0.29) is 11.6 Å². The number of carbonyl (C=O) groups excluding carboxylic acids is 1. The minimum Gasteiger partial charge on any atom is -0.383 e. The maximum Gasteiger partial charge on any atom is 0.269 e. The van der Waals surface area contributed by atoms with Crippen LogP contribution in [0.4, 0.5) is 11.4 Å². The fourth-order valence-electron chi connectivity index (χ4n) is 2.62. The fourth-order valence-corrected chi connectivity index (χ4v) is 2.62. The van der Waals surface area contributed by atoms with Gasteiger partial charge in [0.1, 0.15) is 0 Å². The van der Waals surface area contributed by atoms with Crippen LogP contribution in [0.1, 0.15) is 23.4 Å². The zero-order chi connectivity index (χ0) is 18.4. The number of aromatic nitrogens is 2. The highest BCUT2D eigenvalue weighted by atomic mass is 16.6. The molecule has 0 fully saturated rings. The van der Waals surface area contributed by atoms with E-state index < -0.39 is 4.92 Å². The molecular formula is C17H23N5O3. The average molecular weight is 345 g/mol. The quantitative estimate of drug-likeness (QED) is 0.433. The van der Waals surface area contributed by atoms with Crippen LogP contribution >= 0.6 is 0 Å². The lowest BCUT2D eigenvalue weighted by Gasteiger charge is -2.08. The molecule has 2 aromatic rings. The minimum atomic E-state index is -0.435. The molecule has 1 heterocycles. The van der Waals surface area contributed by atoms with Crippen molar-refractivity contribution in [3.05, 3.63) is 51.3 Å². The van der Waals surface area contributed by atoms with Crippen LogP contribution in [-0.4, -0.2) is 33.7 Å². The van der Waals surface area contributed by atoms with Crippen LogP contribution in [0.3, 0.4) is 0 Å². The SMILES string of the molecule is Cc1nn(C)c(C)c1CCC(=O)NCCNc1ccc([N+](=O)[O-])cc1. The molecule has 0 aliphatic heterocycles. The van der Waals surface area contributed by atoms with E-state index >= 15 is 0 Å². The number of nitro benzene ring substituents is 1. The Morgan fingerprint density at radius 1 is 1.24 bits per heavy atom. The first-order valence-corrected chi connectivity index (χ1v) is 8.12. The van der Waals surface area contributed by atoms with E-state index in [9.17, 15) is 14.9 Å². The van der Waals surface area contributed by atoms with E-state index in [2.05, 4.69) is 15.7 Å². The Labute approximate surface area is 146 Å². The van der Waals surface area contributed by atoms with E-state index in [4.69, 9.17) is 0 Å². The Balaban J connectivity index is 1.69. The zero-order valence-electron chi connectivity index (χ0n) is 14.7. The molecule has 1 aromatic carbocycles. The Bertz CT molecular complexity index is 752. The second-order valence-electron chi connectivity index (χ2n) is 5.85. The van der Waals surface area contributed by atoms with Crippen molar-refractivity contribution < 1.29 is 9.72 Å². The summed E-state index contributed by atoms with van der Waals surface area (Å²) in [7, 11) is 1.90. The van der Waals surface area contributed by atoms with Crippen molar-refractivity contribution in [2.75, 3.05) is 18.4 Å². The van der Waals surface area contributed by atoms with Gasteiger partial charge in [0.05, 0.1) is 10.6 Å². The third-order valence-corrected chi connectivity index (χ3v) is 4.12. The highest BCUT2D eigenvalue weighted by Crippen LogP contribution is 2.15. The Morgan fingerprint density at radius 2 is 1.92 bits per heavy atom. The Hall–Kier alpha value is -2.90. The van der Waals surface area contributed by atoms with Gasteiger partial charge in [0.15, 0.2) is 0 Å². The van der Waals surface area contributed by atoms with E-state index in [1.165, 1.54) is 12.1 Å². The van der Waals surface area contributed by atoms with Crippen LogP contribution in [0.25, 0.3) is 0 Å². The van der Waals surface area contributed by atoms with Crippen molar-refractivity contribution in [1.29, 1.82) is 0 Å². The summed E-state index contributed by atoms with van der Waals surface area (Å²) in [5.74, 6) is -0.00634. The molecule has 0 aliphatic rings. The third-order valence-electron chi connectivity index (χ3n) is 4.12. The third kappa shape index (κ3) is 5.03. The molecule has 8 heteroatoms. The molecule has 0 saturated carbocycles. The second kappa shape index (κ2) is 8.27. The van der Waals surface area contributed by atoms with Crippen LogP contribution in [0, 0.1) is 24.0 Å². The molecule has 0 saturated heterocycles. The number of nitrogens with zero attached hydrogens (tertiary/aromatic N) is 3. The lowest BCUT2D eigenvalue weighted by Crippen LogP contribution is -2.29. The highest BCUT2D eigenvalue weighted by molar-refractivity contribution is 5.76. The van der Waals surface area contributed by atoms with Crippen LogP contribution < -0.4 is 10.6 Å². The minimum absolute atomic E-state index is 0.00634. The summed E-state index contributed by atoms with van der Waals surface area (Å²) in [5.41, 5.74) is 4.01. The van der Waals surface area contributed by atoms with Gasteiger partial charge in [-0.1, -0.05) is 0 Å². The van der Waals surface area contributed by atoms with Crippen LogP contribution in [0.5, 0.6) is 0 Å². The maximum absolute atomic E-state index is 11.9. The molecule has 0 bridgehead atoms. The van der Waals surface area contributed by atoms with Crippen molar-refractivity contribution in [2.45, 2.75) is 26.7 Å². The first-order chi connectivity index (χ1) is 11.9. The lowest BCUT2D eigenvalue weighted by atomic mass is 10.1. The lowest BCUT2D eigenvalue weighted by molar-refractivity contribution is -0.384. The predicted molar refractivity (Wildman–Crippen MR) is 95.6 cm³/mol. The number of hydrogen-bond donors (Lipinski definition) is 2. The van der Waals surface area contributed by atoms with Gasteiger partial charge in [-0.05, 0) is 38.0 Å². The van der Waals surface area contributed by atoms with Gasteiger partial charge in [0, 0.05) is 50.1 Å². The highest BCUT2D eigenvalue weighted by Gasteiger charge is 2.11. The Morgan fingerprint density at radius 3 is 2.48 bits per heavy atom. The van der Waals surface area contributed by atoms with Gasteiger partial charge in [-0.3, -0.25) is 19.6 Å². The summed E-state index contributed by atoms with van der Waals surface area (Å²) in [6.07, 6.45) is 1.10. The van der Waals surface area contributed by atoms with Crippen molar-refractivity contribution in [1.82, 2.24) is 15.1 Å². The van der Waals surface area contributed by atoms with Crippen LogP contribution in [0.2, 0.25) is 0 Å². The number of anilines is 1. The number of aryl methyl sites for hydroxylation is 2. The fraction of sp³-hybridized carbons (Fsp3) is 0.412. The van der Waals surface area contributed by atoms with E-state index in [1.54, 1.807) is 12.1 Å². The van der Waals surface area contributed by atoms with Gasteiger partial charge in [-0.15, -0.1) is 0 Å². The molecule has 134 valence electrons. The van der Waals surface area contributed by atoms with Crippen molar-refractivity contribution in [3.8, 4) is 0 Å². The molecule has 2 rings (SSSR count). The Kier molecular flexibility index (Phi) is 6.10. The molecule has 0 radical (unpaired) electrons. The summed E-state index contributed by atoms with van der Waals surface area (Å²) in [5, 5.41) is 20.9. The van der Waals surface area contributed by atoms with E-state index in [0.29, 0.717) is 25.9 Å². The number of nitrogens with one attached hydrogen (secondary N) is 2. The normalized spacial score (nSPS) is 10.5. The molecular weight excluding hydrogens is 322 g/mol. The molecule has 1 aromatic heterocycles. The summed E-state index contributed by atoms with van der Waals surface area (Å²) >= 11 is 0. The smallest absolute Gasteiger partial charge is 0.269 e. The average Bonchev–Trinajstić information content (AvgIpc) is 2.82. The van der Waals surface area contributed by atoms with E-state index in [1.807, 2.05) is 25.6 Å². The standard InChI is InChI=1S/C17H23N5O3/c1-12-16(13(2)21(3)20-12)8-9-17(23)19-11-10-18-14-4-6-15(7-5-14)22(24)25/h4-7,18H,8-11H2,1-3H3,(H,19,23). The number of benzene rings is 1. The second-order valence-corrected chi connectivity index (χ2v) is 5.85. The molecule has 8 nitrogen and oxygen atoms in total. The first-order valence-electron chi connectivity index (χ1n) is 8.12. The van der Waals surface area contributed by atoms with Gasteiger partial charge in [0.25, 0.3) is 5.69 Å². The number of carbonyl (C=O) groups is 1. The summed E-state index contributed by atoms with van der Waals surface area (Å²) in [4.78, 5) is 22.1. The van der Waals surface area contributed by atoms with Gasteiger partial charge < -0.3 is 10.6 Å². The monoisotopic (exact) mass is 345 g/mol. The number of nitro groups is 1. The van der Waals surface area contributed by atoms with Crippen molar-refractivity contribution >= 4 is 17.3 Å². The van der Waals surface area contributed by atoms with Gasteiger partial charge in [-0.2, -0.15) is 5.10 Å². The predicted octanol–water partition coefficient (Wildman–Crippen LogP) is 2.11. The largest absolute Gasteiger partial charge is 0.383 e. The van der Waals surface area contributed by atoms with Crippen LogP contribution in [0.15, 0.2) is 24.3 Å². The molecule has 0 spiro atoms. The maximum atomic E-state index is 11.9. The van der Waals surface area contributed by atoms with Crippen molar-refractivity contribution in [3.63, 3.8) is 0 Å². The number of hydrogen-bond acceptors (Lipinski definition) is 5. The molecule has 0 unspecified atom stereocenters. The molecule has 1 amide bonds. The van der Waals surface area contributed by atoms with Gasteiger partial charge >= 0.3 is 0 Å².